The number of aliphatic hydroxyl groups excluding tert-OH is 1. The quantitative estimate of drug-likeness (QED) is 0.506. The van der Waals surface area contributed by atoms with Gasteiger partial charge in [-0.05, 0) is 30.8 Å². The molecule has 1 aliphatic heterocycles. The van der Waals surface area contributed by atoms with Crippen LogP contribution in [0.2, 0.25) is 0 Å². The molecule has 2 aliphatic rings. The molecular formula is C8H13NO3. The minimum atomic E-state index is -0.751. The highest BCUT2D eigenvalue weighted by Crippen LogP contribution is 2.47. The first-order valence-electron chi connectivity index (χ1n) is 4.30. The van der Waals surface area contributed by atoms with Gasteiger partial charge in [0.05, 0.1) is 5.92 Å². The topological polar surface area (TPSA) is 69.6 Å². The fraction of sp³-hybridized carbons (Fsp3) is 0.875. The minimum absolute atomic E-state index is 0.0116. The summed E-state index contributed by atoms with van der Waals surface area (Å²) in [6.07, 6.45) is 0. The van der Waals surface area contributed by atoms with Gasteiger partial charge in [-0.25, -0.2) is 0 Å². The van der Waals surface area contributed by atoms with Crippen molar-refractivity contribution in [3.05, 3.63) is 0 Å². The predicted molar refractivity (Wildman–Crippen MR) is 41.6 cm³/mol. The molecule has 1 saturated carbocycles. The van der Waals surface area contributed by atoms with Gasteiger partial charge in [0.2, 0.25) is 0 Å². The monoisotopic (exact) mass is 171 g/mol. The van der Waals surface area contributed by atoms with Gasteiger partial charge < -0.3 is 15.5 Å². The van der Waals surface area contributed by atoms with E-state index in [0.717, 1.165) is 13.1 Å². The Morgan fingerprint density at radius 1 is 1.42 bits per heavy atom. The van der Waals surface area contributed by atoms with Crippen molar-refractivity contribution in [2.45, 2.75) is 0 Å². The van der Waals surface area contributed by atoms with Crippen LogP contribution in [0.4, 0.5) is 0 Å². The van der Waals surface area contributed by atoms with E-state index in [4.69, 9.17) is 10.2 Å². The molecule has 0 radical (unpaired) electrons. The lowest BCUT2D eigenvalue weighted by Gasteiger charge is -2.44. The summed E-state index contributed by atoms with van der Waals surface area (Å²) in [4.78, 5) is 10.8. The van der Waals surface area contributed by atoms with E-state index < -0.39 is 5.97 Å². The van der Waals surface area contributed by atoms with E-state index in [1.165, 1.54) is 0 Å². The van der Waals surface area contributed by atoms with E-state index in [2.05, 4.69) is 5.32 Å². The Bertz CT molecular complexity index is 206. The first-order chi connectivity index (χ1) is 5.75. The van der Waals surface area contributed by atoms with Gasteiger partial charge in [-0.1, -0.05) is 0 Å². The normalized spacial score (nSPS) is 45.1. The number of fused-ring (bicyclic) bond motifs is 1. The molecule has 1 saturated heterocycles. The SMILES string of the molecule is O=C(O)[C@H]1[C@@H](CO)[C@@H]2CNC[C@@H]21. The number of hydrogen-bond acceptors (Lipinski definition) is 3. The number of carbonyl (C=O) groups is 1. The average Bonchev–Trinajstić information content (AvgIpc) is 2.34. The highest BCUT2D eigenvalue weighted by Gasteiger charge is 2.55. The molecule has 0 amide bonds. The van der Waals surface area contributed by atoms with Crippen LogP contribution in [-0.4, -0.2) is 35.9 Å². The number of carboxylic acids is 1. The van der Waals surface area contributed by atoms with Crippen LogP contribution in [0.1, 0.15) is 0 Å². The van der Waals surface area contributed by atoms with Crippen LogP contribution in [0.15, 0.2) is 0 Å². The van der Waals surface area contributed by atoms with Gasteiger partial charge in [-0.3, -0.25) is 4.79 Å². The van der Waals surface area contributed by atoms with Crippen molar-refractivity contribution >= 4 is 5.97 Å². The Hall–Kier alpha value is -0.610. The minimum Gasteiger partial charge on any atom is -0.481 e. The van der Waals surface area contributed by atoms with E-state index in [-0.39, 0.29) is 24.4 Å². The lowest BCUT2D eigenvalue weighted by molar-refractivity contribution is -0.158. The molecule has 68 valence electrons. The van der Waals surface area contributed by atoms with Crippen molar-refractivity contribution in [1.82, 2.24) is 5.32 Å². The first-order valence-corrected chi connectivity index (χ1v) is 4.30. The third-order valence-electron chi connectivity index (χ3n) is 3.28. The van der Waals surface area contributed by atoms with E-state index in [1.54, 1.807) is 0 Å². The molecule has 2 fully saturated rings. The number of hydrogen-bond donors (Lipinski definition) is 3. The van der Waals surface area contributed by atoms with E-state index in [9.17, 15) is 4.79 Å². The molecule has 0 bridgehead atoms. The summed E-state index contributed by atoms with van der Waals surface area (Å²) in [7, 11) is 0. The number of aliphatic hydroxyl groups is 1. The Kier molecular flexibility index (Phi) is 1.81. The molecule has 1 heterocycles. The van der Waals surface area contributed by atoms with Gasteiger partial charge in [0.1, 0.15) is 0 Å². The number of nitrogens with one attached hydrogen (secondary N) is 1. The molecular weight excluding hydrogens is 158 g/mol. The fourth-order valence-electron chi connectivity index (χ4n) is 2.64. The second-order valence-electron chi connectivity index (χ2n) is 3.70. The van der Waals surface area contributed by atoms with Crippen LogP contribution < -0.4 is 5.32 Å². The summed E-state index contributed by atoms with van der Waals surface area (Å²) in [6, 6.07) is 0. The molecule has 0 unspecified atom stereocenters. The number of rotatable bonds is 2. The van der Waals surface area contributed by atoms with Gasteiger partial charge >= 0.3 is 5.97 Å². The van der Waals surface area contributed by atoms with Crippen molar-refractivity contribution in [2.24, 2.45) is 23.7 Å². The van der Waals surface area contributed by atoms with Gasteiger partial charge in [0.15, 0.2) is 0 Å². The largest absolute Gasteiger partial charge is 0.481 e. The highest BCUT2D eigenvalue weighted by molar-refractivity contribution is 5.72. The average molecular weight is 171 g/mol. The van der Waals surface area contributed by atoms with E-state index in [0.29, 0.717) is 5.92 Å². The van der Waals surface area contributed by atoms with Crippen molar-refractivity contribution < 1.29 is 15.0 Å². The second-order valence-corrected chi connectivity index (χ2v) is 3.70. The number of aliphatic carboxylic acids is 1. The van der Waals surface area contributed by atoms with Crippen LogP contribution >= 0.6 is 0 Å². The van der Waals surface area contributed by atoms with Gasteiger partial charge in [0.25, 0.3) is 0 Å². The Balaban J connectivity index is 2.08. The first kappa shape index (κ1) is 8.01. The lowest BCUT2D eigenvalue weighted by Crippen LogP contribution is -2.51. The van der Waals surface area contributed by atoms with Gasteiger partial charge in [-0.15, -0.1) is 0 Å². The van der Waals surface area contributed by atoms with Gasteiger partial charge in [0, 0.05) is 6.61 Å². The lowest BCUT2D eigenvalue weighted by atomic mass is 9.58. The summed E-state index contributed by atoms with van der Waals surface area (Å²) in [6.45, 7) is 1.69. The van der Waals surface area contributed by atoms with E-state index >= 15 is 0 Å². The summed E-state index contributed by atoms with van der Waals surface area (Å²) < 4.78 is 0. The maximum Gasteiger partial charge on any atom is 0.307 e. The van der Waals surface area contributed by atoms with Crippen LogP contribution in [-0.2, 0) is 4.79 Å². The summed E-state index contributed by atoms with van der Waals surface area (Å²) in [5.74, 6) is -0.410. The molecule has 3 N–H and O–H groups in total. The van der Waals surface area contributed by atoms with Crippen molar-refractivity contribution in [3.63, 3.8) is 0 Å². The van der Waals surface area contributed by atoms with Crippen molar-refractivity contribution in [2.75, 3.05) is 19.7 Å². The molecule has 12 heavy (non-hydrogen) atoms. The zero-order valence-electron chi connectivity index (χ0n) is 6.73. The highest BCUT2D eigenvalue weighted by atomic mass is 16.4. The van der Waals surface area contributed by atoms with Crippen LogP contribution in [0.25, 0.3) is 0 Å². The standard InChI is InChI=1S/C8H13NO3/c10-3-6-4-1-9-2-5(4)7(6)8(11)12/h4-7,9-10H,1-3H2,(H,11,12)/t4-,5+,6+,7-/m1/s1. The molecule has 0 aromatic carbocycles. The van der Waals surface area contributed by atoms with Crippen LogP contribution in [0.3, 0.4) is 0 Å². The smallest absolute Gasteiger partial charge is 0.307 e. The molecule has 4 atom stereocenters. The zero-order chi connectivity index (χ0) is 8.72. The molecule has 0 spiro atoms. The molecule has 1 aliphatic carbocycles. The zero-order valence-corrected chi connectivity index (χ0v) is 6.73. The van der Waals surface area contributed by atoms with Crippen molar-refractivity contribution in [3.8, 4) is 0 Å². The summed E-state index contributed by atoms with van der Waals surface area (Å²) >= 11 is 0. The predicted octanol–water partition coefficient (Wildman–Crippen LogP) is -0.855. The molecule has 4 heteroatoms. The maximum absolute atomic E-state index is 10.8. The Labute approximate surface area is 70.6 Å². The fourth-order valence-corrected chi connectivity index (χ4v) is 2.64. The van der Waals surface area contributed by atoms with Crippen molar-refractivity contribution in [1.29, 1.82) is 0 Å². The molecule has 0 aromatic heterocycles. The Morgan fingerprint density at radius 2 is 2.08 bits per heavy atom. The molecule has 2 rings (SSSR count). The number of carboxylic acid groups (broad SMARTS) is 1. The summed E-state index contributed by atoms with van der Waals surface area (Å²) in [5, 5.41) is 21.0. The Morgan fingerprint density at radius 3 is 2.67 bits per heavy atom. The maximum atomic E-state index is 10.8. The van der Waals surface area contributed by atoms with Crippen LogP contribution in [0, 0.1) is 23.7 Å². The van der Waals surface area contributed by atoms with Gasteiger partial charge in [-0.2, -0.15) is 0 Å². The van der Waals surface area contributed by atoms with Crippen LogP contribution in [0.5, 0.6) is 0 Å². The third kappa shape index (κ3) is 0.881. The summed E-state index contributed by atoms with van der Waals surface area (Å²) in [5.41, 5.74) is 0. The molecule has 0 aromatic rings. The molecule has 4 nitrogen and oxygen atoms in total. The third-order valence-corrected chi connectivity index (χ3v) is 3.28. The van der Waals surface area contributed by atoms with E-state index in [1.807, 2.05) is 0 Å². The second kappa shape index (κ2) is 2.71.